The molecule has 2 rings (SSSR count). The minimum absolute atomic E-state index is 0. The number of benzene rings is 1. The molecule has 17 heavy (non-hydrogen) atoms. The van der Waals surface area contributed by atoms with E-state index in [4.69, 9.17) is 11.6 Å². The Kier molecular flexibility index (Phi) is 5.13. The van der Waals surface area contributed by atoms with Gasteiger partial charge in [-0.15, -0.1) is 0 Å². The Hall–Kier alpha value is -1.38. The topological polar surface area (TPSA) is 47.9 Å². The monoisotopic (exact) mass is 248 g/mol. The highest BCUT2D eigenvalue weighted by Crippen LogP contribution is 2.28. The van der Waals surface area contributed by atoms with Crippen LogP contribution in [0.2, 0.25) is 5.02 Å². The van der Waals surface area contributed by atoms with Gasteiger partial charge in [0.1, 0.15) is 0 Å². The van der Waals surface area contributed by atoms with E-state index in [0.717, 1.165) is 11.4 Å². The van der Waals surface area contributed by atoms with Gasteiger partial charge in [0.2, 0.25) is 0 Å². The molecular formula is C14H17ClN2. The van der Waals surface area contributed by atoms with Gasteiger partial charge < -0.3 is 6.15 Å². The first-order valence-corrected chi connectivity index (χ1v) is 5.84. The van der Waals surface area contributed by atoms with Crippen LogP contribution in [0.5, 0.6) is 0 Å². The Balaban J connectivity index is 0.00000144. The van der Waals surface area contributed by atoms with Gasteiger partial charge in [-0.05, 0) is 41.8 Å². The van der Waals surface area contributed by atoms with Gasteiger partial charge in [-0.2, -0.15) is 0 Å². The van der Waals surface area contributed by atoms with Gasteiger partial charge in [-0.25, -0.2) is 0 Å². The van der Waals surface area contributed by atoms with Crippen molar-refractivity contribution in [1.29, 1.82) is 0 Å². The highest BCUT2D eigenvalue weighted by molar-refractivity contribution is 6.30. The van der Waals surface area contributed by atoms with E-state index in [2.05, 4.69) is 36.2 Å². The predicted molar refractivity (Wildman–Crippen MR) is 72.8 cm³/mol. The smallest absolute Gasteiger partial charge is 0.0406 e. The summed E-state index contributed by atoms with van der Waals surface area (Å²) in [5.74, 6) is 0.431. The van der Waals surface area contributed by atoms with Crippen LogP contribution in [0.4, 0.5) is 0 Å². The zero-order valence-electron chi connectivity index (χ0n) is 9.94. The molecule has 0 amide bonds. The third kappa shape index (κ3) is 3.29. The molecule has 90 valence electrons. The van der Waals surface area contributed by atoms with Crippen molar-refractivity contribution in [3.8, 4) is 0 Å². The third-order valence-corrected chi connectivity index (χ3v) is 3.04. The second-order valence-corrected chi connectivity index (χ2v) is 4.23. The normalized spacial score (nSPS) is 11.6. The summed E-state index contributed by atoms with van der Waals surface area (Å²) in [4.78, 5) is 4.05. The largest absolute Gasteiger partial charge is 0.344 e. The van der Waals surface area contributed by atoms with Gasteiger partial charge >= 0.3 is 0 Å². The molecule has 0 saturated heterocycles. The van der Waals surface area contributed by atoms with E-state index >= 15 is 0 Å². The van der Waals surface area contributed by atoms with Gasteiger partial charge in [0.15, 0.2) is 0 Å². The maximum atomic E-state index is 5.90. The van der Waals surface area contributed by atoms with E-state index in [9.17, 15) is 0 Å². The van der Waals surface area contributed by atoms with E-state index in [-0.39, 0.29) is 6.15 Å². The fourth-order valence-corrected chi connectivity index (χ4v) is 2.08. The number of nitrogens with zero attached hydrogens (tertiary/aromatic N) is 1. The van der Waals surface area contributed by atoms with E-state index in [1.807, 2.05) is 24.5 Å². The number of hydrogen-bond donors (Lipinski definition) is 1. The molecule has 0 radical (unpaired) electrons. The van der Waals surface area contributed by atoms with Crippen LogP contribution in [0.1, 0.15) is 30.4 Å². The molecule has 3 N–H and O–H groups in total. The minimum Gasteiger partial charge on any atom is -0.344 e. The minimum atomic E-state index is 0. The van der Waals surface area contributed by atoms with Crippen molar-refractivity contribution >= 4 is 11.6 Å². The number of rotatable bonds is 3. The summed E-state index contributed by atoms with van der Waals surface area (Å²) >= 11 is 5.90. The van der Waals surface area contributed by atoms with Crippen LogP contribution in [0.3, 0.4) is 0 Å². The zero-order valence-corrected chi connectivity index (χ0v) is 10.7. The summed E-state index contributed by atoms with van der Waals surface area (Å²) in [6.45, 7) is 2.19. The molecule has 0 aliphatic rings. The molecule has 0 bridgehead atoms. The summed E-state index contributed by atoms with van der Waals surface area (Å²) in [5.41, 5.74) is 2.61. The van der Waals surface area contributed by atoms with Gasteiger partial charge in [-0.3, -0.25) is 4.98 Å². The number of hydrogen-bond acceptors (Lipinski definition) is 2. The molecule has 2 aromatic rings. The van der Waals surface area contributed by atoms with Crippen molar-refractivity contribution in [2.45, 2.75) is 19.3 Å². The number of aromatic nitrogens is 1. The molecular weight excluding hydrogens is 232 g/mol. The fourth-order valence-electron chi connectivity index (χ4n) is 1.95. The molecule has 1 unspecified atom stereocenters. The van der Waals surface area contributed by atoms with Crippen molar-refractivity contribution in [1.82, 2.24) is 11.1 Å². The molecule has 0 aliphatic heterocycles. The van der Waals surface area contributed by atoms with Crippen LogP contribution < -0.4 is 6.15 Å². The van der Waals surface area contributed by atoms with Gasteiger partial charge in [0.05, 0.1) is 0 Å². The van der Waals surface area contributed by atoms with E-state index < -0.39 is 0 Å². The summed E-state index contributed by atoms with van der Waals surface area (Å²) in [7, 11) is 0. The molecule has 2 nitrogen and oxygen atoms in total. The Morgan fingerprint density at radius 1 is 1.00 bits per heavy atom. The zero-order chi connectivity index (χ0) is 11.4. The van der Waals surface area contributed by atoms with Crippen molar-refractivity contribution in [2.24, 2.45) is 0 Å². The maximum absolute atomic E-state index is 5.90. The lowest BCUT2D eigenvalue weighted by Crippen LogP contribution is -1.99. The van der Waals surface area contributed by atoms with Crippen LogP contribution >= 0.6 is 11.6 Å². The first-order chi connectivity index (χ1) is 7.81. The van der Waals surface area contributed by atoms with Crippen LogP contribution in [-0.2, 0) is 0 Å². The van der Waals surface area contributed by atoms with Gasteiger partial charge in [0, 0.05) is 23.3 Å². The highest BCUT2D eigenvalue weighted by atomic mass is 35.5. The quantitative estimate of drug-likeness (QED) is 0.873. The Morgan fingerprint density at radius 3 is 2.06 bits per heavy atom. The molecule has 0 spiro atoms. The summed E-state index contributed by atoms with van der Waals surface area (Å²) in [6, 6.07) is 12.2. The fraction of sp³-hybridized carbons (Fsp3) is 0.214. The molecule has 1 aromatic carbocycles. The predicted octanol–water partition coefficient (Wildman–Crippen LogP) is 4.44. The van der Waals surface area contributed by atoms with Crippen molar-refractivity contribution in [3.05, 3.63) is 64.9 Å². The standard InChI is InChI=1S/C14H14ClN.H3N/c1-2-14(12-7-9-16-10-8-12)11-3-5-13(15)6-4-11;/h3-10,14H,2H2,1H3;1H3. The van der Waals surface area contributed by atoms with Crippen molar-refractivity contribution in [2.75, 3.05) is 0 Å². The molecule has 1 heterocycles. The second kappa shape index (κ2) is 6.38. The van der Waals surface area contributed by atoms with Crippen LogP contribution in [0.15, 0.2) is 48.8 Å². The number of halogens is 1. The molecule has 0 aliphatic carbocycles. The second-order valence-electron chi connectivity index (χ2n) is 3.79. The Morgan fingerprint density at radius 2 is 1.53 bits per heavy atom. The first-order valence-electron chi connectivity index (χ1n) is 5.46. The van der Waals surface area contributed by atoms with Gasteiger partial charge in [-0.1, -0.05) is 30.7 Å². The highest BCUT2D eigenvalue weighted by Gasteiger charge is 2.11. The van der Waals surface area contributed by atoms with Gasteiger partial charge in [0.25, 0.3) is 0 Å². The summed E-state index contributed by atoms with van der Waals surface area (Å²) in [6.07, 6.45) is 4.76. The van der Waals surface area contributed by atoms with Crippen molar-refractivity contribution < 1.29 is 0 Å². The first kappa shape index (κ1) is 13.7. The van der Waals surface area contributed by atoms with Crippen LogP contribution in [0.25, 0.3) is 0 Å². The molecule has 1 aromatic heterocycles. The molecule has 0 fully saturated rings. The third-order valence-electron chi connectivity index (χ3n) is 2.79. The average molecular weight is 249 g/mol. The maximum Gasteiger partial charge on any atom is 0.0406 e. The van der Waals surface area contributed by atoms with Crippen LogP contribution in [0, 0.1) is 0 Å². The molecule has 3 heteroatoms. The van der Waals surface area contributed by atoms with Crippen molar-refractivity contribution in [3.63, 3.8) is 0 Å². The SMILES string of the molecule is CCC(c1ccncc1)c1ccc(Cl)cc1.N. The van der Waals surface area contributed by atoms with Crippen LogP contribution in [-0.4, -0.2) is 4.98 Å². The molecule has 0 saturated carbocycles. The van der Waals surface area contributed by atoms with E-state index in [1.54, 1.807) is 0 Å². The lowest BCUT2D eigenvalue weighted by atomic mass is 9.90. The molecule has 1 atom stereocenters. The number of pyridine rings is 1. The summed E-state index contributed by atoms with van der Waals surface area (Å²) in [5, 5.41) is 0.785. The Labute approximate surface area is 107 Å². The average Bonchev–Trinajstić information content (AvgIpc) is 2.34. The lowest BCUT2D eigenvalue weighted by molar-refractivity contribution is 0.775. The van der Waals surface area contributed by atoms with E-state index in [0.29, 0.717) is 5.92 Å². The summed E-state index contributed by atoms with van der Waals surface area (Å²) < 4.78 is 0. The lowest BCUT2D eigenvalue weighted by Gasteiger charge is -2.15. The van der Waals surface area contributed by atoms with E-state index in [1.165, 1.54) is 11.1 Å². The Bertz CT molecular complexity index is 440.